The van der Waals surface area contributed by atoms with Gasteiger partial charge in [0.15, 0.2) is 0 Å². The Labute approximate surface area is 225 Å². The Kier molecular flexibility index (Phi) is 6.41. The number of carbonyl (C=O) groups is 2. The maximum atomic E-state index is 15.2. The van der Waals surface area contributed by atoms with Gasteiger partial charge in [0, 0.05) is 11.8 Å². The van der Waals surface area contributed by atoms with E-state index in [0.717, 1.165) is 29.3 Å². The second-order valence-corrected chi connectivity index (χ2v) is 10.9. The molecule has 6 nitrogen and oxygen atoms in total. The van der Waals surface area contributed by atoms with E-state index in [2.05, 4.69) is 15.5 Å². The summed E-state index contributed by atoms with van der Waals surface area (Å²) < 4.78 is 29.8. The highest BCUT2D eigenvalue weighted by Gasteiger charge is 2.42. The van der Waals surface area contributed by atoms with Gasteiger partial charge in [0.1, 0.15) is 18.0 Å². The van der Waals surface area contributed by atoms with Gasteiger partial charge in [-0.3, -0.25) is 14.7 Å². The maximum absolute atomic E-state index is 15.2. The molecule has 2 aliphatic rings. The van der Waals surface area contributed by atoms with Crippen LogP contribution in [0.5, 0.6) is 0 Å². The van der Waals surface area contributed by atoms with Crippen molar-refractivity contribution in [1.82, 2.24) is 20.4 Å². The molecule has 1 aromatic heterocycles. The standard InChI is InChI=1S/C31H30F2N4O2/c1-31(13-14-31)23-12-11-20(15-24(23)33)29(19-7-3-2-4-8-19)34-30(39)27-16-21(32)18-37(27)28(38)17-26-22-9-5-6-10-25(22)35-36-26/h2-12,15,21,27,29H,13-14,16-18H2,1H3,(H,34,39)(H,35,36)/t21-,27+,29+/m1/s1. The minimum atomic E-state index is -1.31. The number of hydrogen-bond donors (Lipinski definition) is 2. The molecule has 2 N–H and O–H groups in total. The molecule has 2 amide bonds. The summed E-state index contributed by atoms with van der Waals surface area (Å²) in [5.41, 5.74) is 3.28. The van der Waals surface area contributed by atoms with Gasteiger partial charge in [0.25, 0.3) is 0 Å². The number of aromatic nitrogens is 2. The summed E-state index contributed by atoms with van der Waals surface area (Å²) in [6.07, 6.45) is 0.449. The molecule has 4 aromatic rings. The molecular weight excluding hydrogens is 498 g/mol. The van der Waals surface area contributed by atoms with Crippen LogP contribution >= 0.6 is 0 Å². The zero-order valence-electron chi connectivity index (χ0n) is 21.7. The summed E-state index contributed by atoms with van der Waals surface area (Å²) in [5.74, 6) is -1.13. The van der Waals surface area contributed by atoms with Crippen molar-refractivity contribution < 1.29 is 18.4 Å². The molecule has 1 saturated heterocycles. The predicted octanol–water partition coefficient (Wildman–Crippen LogP) is 5.14. The van der Waals surface area contributed by atoms with Gasteiger partial charge in [-0.15, -0.1) is 0 Å². The van der Waals surface area contributed by atoms with Gasteiger partial charge in [-0.1, -0.05) is 67.6 Å². The van der Waals surface area contributed by atoms with Crippen LogP contribution < -0.4 is 5.32 Å². The minimum absolute atomic E-state index is 0.0476. The fraction of sp³-hybridized carbons (Fsp3) is 0.323. The second kappa shape index (κ2) is 9.91. The number of rotatable bonds is 7. The fourth-order valence-corrected chi connectivity index (χ4v) is 5.61. The highest BCUT2D eigenvalue weighted by atomic mass is 19.1. The molecule has 0 bridgehead atoms. The molecule has 200 valence electrons. The van der Waals surface area contributed by atoms with Gasteiger partial charge in [0.2, 0.25) is 11.8 Å². The molecule has 2 fully saturated rings. The molecule has 1 saturated carbocycles. The van der Waals surface area contributed by atoms with Crippen molar-refractivity contribution in [2.45, 2.75) is 56.3 Å². The van der Waals surface area contributed by atoms with E-state index >= 15 is 4.39 Å². The molecule has 0 unspecified atom stereocenters. The van der Waals surface area contributed by atoms with Crippen LogP contribution in [-0.2, 0) is 21.4 Å². The van der Waals surface area contributed by atoms with E-state index in [1.54, 1.807) is 6.07 Å². The van der Waals surface area contributed by atoms with Gasteiger partial charge >= 0.3 is 0 Å². The van der Waals surface area contributed by atoms with Crippen LogP contribution in [-0.4, -0.2) is 45.7 Å². The highest BCUT2D eigenvalue weighted by Crippen LogP contribution is 2.48. The summed E-state index contributed by atoms with van der Waals surface area (Å²) in [5, 5.41) is 11.0. The van der Waals surface area contributed by atoms with Crippen LogP contribution in [0.2, 0.25) is 0 Å². The average Bonchev–Trinajstić information content (AvgIpc) is 3.36. The number of H-pyrrole nitrogens is 1. The molecule has 6 rings (SSSR count). The van der Waals surface area contributed by atoms with Crippen LogP contribution in [0.3, 0.4) is 0 Å². The third-order valence-electron chi connectivity index (χ3n) is 8.14. The predicted molar refractivity (Wildman–Crippen MR) is 144 cm³/mol. The fourth-order valence-electron chi connectivity index (χ4n) is 5.61. The number of likely N-dealkylation sites (tertiary alicyclic amines) is 1. The van der Waals surface area contributed by atoms with E-state index in [9.17, 15) is 14.0 Å². The molecule has 1 aliphatic carbocycles. The number of carbonyl (C=O) groups excluding carboxylic acids is 2. The third kappa shape index (κ3) is 4.91. The molecule has 1 aliphatic heterocycles. The van der Waals surface area contributed by atoms with Gasteiger partial charge < -0.3 is 10.2 Å². The first-order chi connectivity index (χ1) is 18.8. The Hall–Kier alpha value is -4.07. The number of hydrogen-bond acceptors (Lipinski definition) is 3. The number of nitrogens with zero attached hydrogens (tertiary/aromatic N) is 2. The van der Waals surface area contributed by atoms with Crippen LogP contribution in [0.1, 0.15) is 54.6 Å². The Bertz CT molecular complexity index is 1530. The van der Waals surface area contributed by atoms with Crippen LogP contribution in [0.15, 0.2) is 72.8 Å². The normalized spacial score (nSPS) is 20.6. The van der Waals surface area contributed by atoms with Crippen LogP contribution in [0.25, 0.3) is 10.9 Å². The molecule has 3 aromatic carbocycles. The lowest BCUT2D eigenvalue weighted by atomic mass is 9.92. The Balaban J connectivity index is 1.25. The first-order valence-electron chi connectivity index (χ1n) is 13.3. The summed E-state index contributed by atoms with van der Waals surface area (Å²) in [7, 11) is 0. The van der Waals surface area contributed by atoms with Gasteiger partial charge in [-0.05, 0) is 47.1 Å². The Morgan fingerprint density at radius 2 is 1.82 bits per heavy atom. The van der Waals surface area contributed by atoms with E-state index in [4.69, 9.17) is 0 Å². The third-order valence-corrected chi connectivity index (χ3v) is 8.14. The number of amides is 2. The lowest BCUT2D eigenvalue weighted by Gasteiger charge is -2.27. The van der Waals surface area contributed by atoms with Crippen molar-refractivity contribution in [2.75, 3.05) is 6.54 Å². The zero-order valence-corrected chi connectivity index (χ0v) is 21.7. The van der Waals surface area contributed by atoms with E-state index in [0.29, 0.717) is 16.8 Å². The van der Waals surface area contributed by atoms with Crippen molar-refractivity contribution in [3.05, 3.63) is 101 Å². The molecule has 0 spiro atoms. The Morgan fingerprint density at radius 1 is 1.08 bits per heavy atom. The highest BCUT2D eigenvalue weighted by molar-refractivity contribution is 5.92. The largest absolute Gasteiger partial charge is 0.343 e. The zero-order chi connectivity index (χ0) is 27.1. The average molecular weight is 529 g/mol. The summed E-state index contributed by atoms with van der Waals surface area (Å²) in [6, 6.07) is 20.2. The van der Waals surface area contributed by atoms with Crippen LogP contribution in [0.4, 0.5) is 8.78 Å². The first kappa shape index (κ1) is 25.2. The summed E-state index contributed by atoms with van der Waals surface area (Å²) >= 11 is 0. The number of benzene rings is 3. The number of fused-ring (bicyclic) bond motifs is 1. The van der Waals surface area contributed by atoms with E-state index in [1.807, 2.05) is 67.6 Å². The van der Waals surface area contributed by atoms with Gasteiger partial charge in [-0.25, -0.2) is 8.78 Å². The minimum Gasteiger partial charge on any atom is -0.343 e. The quantitative estimate of drug-likeness (QED) is 0.349. The molecule has 2 heterocycles. The number of para-hydroxylation sites is 1. The molecule has 0 radical (unpaired) electrons. The summed E-state index contributed by atoms with van der Waals surface area (Å²) in [6.45, 7) is 1.89. The molecular formula is C31H30F2N4O2. The Morgan fingerprint density at radius 3 is 2.56 bits per heavy atom. The topological polar surface area (TPSA) is 78.1 Å². The molecule has 8 heteroatoms. The number of alkyl halides is 1. The SMILES string of the molecule is CC1(c2ccc([C@@H](NC(=O)[C@@H]3C[C@@H](F)CN3C(=O)Cc3n[nH]c4ccccc34)c3ccccc3)cc2F)CC1. The van der Waals surface area contributed by atoms with Crippen molar-refractivity contribution in [3.8, 4) is 0 Å². The number of nitrogens with one attached hydrogen (secondary N) is 2. The van der Waals surface area contributed by atoms with E-state index < -0.39 is 24.2 Å². The van der Waals surface area contributed by atoms with Crippen LogP contribution in [0, 0.1) is 5.82 Å². The first-order valence-corrected chi connectivity index (χ1v) is 13.3. The van der Waals surface area contributed by atoms with Gasteiger partial charge in [0.05, 0.1) is 30.2 Å². The molecule has 3 atom stereocenters. The summed E-state index contributed by atoms with van der Waals surface area (Å²) in [4.78, 5) is 28.2. The number of halogens is 2. The van der Waals surface area contributed by atoms with Crippen molar-refractivity contribution in [2.24, 2.45) is 0 Å². The van der Waals surface area contributed by atoms with Gasteiger partial charge in [-0.2, -0.15) is 5.10 Å². The van der Waals surface area contributed by atoms with Crippen molar-refractivity contribution in [1.29, 1.82) is 0 Å². The monoisotopic (exact) mass is 528 g/mol. The maximum Gasteiger partial charge on any atom is 0.243 e. The number of aromatic amines is 1. The lowest BCUT2D eigenvalue weighted by molar-refractivity contribution is -0.138. The van der Waals surface area contributed by atoms with E-state index in [-0.39, 0.29) is 36.5 Å². The van der Waals surface area contributed by atoms with E-state index in [1.165, 1.54) is 11.0 Å². The smallest absolute Gasteiger partial charge is 0.243 e. The molecule has 39 heavy (non-hydrogen) atoms. The van der Waals surface area contributed by atoms with Crippen molar-refractivity contribution >= 4 is 22.7 Å². The van der Waals surface area contributed by atoms with Crippen molar-refractivity contribution in [3.63, 3.8) is 0 Å². The lowest BCUT2D eigenvalue weighted by Crippen LogP contribution is -2.47. The second-order valence-electron chi connectivity index (χ2n) is 10.9.